The van der Waals surface area contributed by atoms with Gasteiger partial charge < -0.3 is 15.1 Å². The Morgan fingerprint density at radius 1 is 1.23 bits per heavy atom. The third kappa shape index (κ3) is 3.49. The quantitative estimate of drug-likeness (QED) is 0.645. The summed E-state index contributed by atoms with van der Waals surface area (Å²) in [5.74, 6) is -0.211. The van der Waals surface area contributed by atoms with Gasteiger partial charge in [-0.2, -0.15) is 0 Å². The highest BCUT2D eigenvalue weighted by molar-refractivity contribution is 5.86. The van der Waals surface area contributed by atoms with Gasteiger partial charge in [-0.1, -0.05) is 32.0 Å². The van der Waals surface area contributed by atoms with Crippen LogP contribution in [0, 0.1) is 6.92 Å². The fourth-order valence-electron chi connectivity index (χ4n) is 4.71. The Morgan fingerprint density at radius 2 is 1.97 bits per heavy atom. The van der Waals surface area contributed by atoms with Crippen LogP contribution in [-0.2, 0) is 11.3 Å². The summed E-state index contributed by atoms with van der Waals surface area (Å²) in [5.41, 5.74) is 11.2. The topological polar surface area (TPSA) is 76.5 Å². The first-order valence-corrected chi connectivity index (χ1v) is 10.5. The molecule has 30 heavy (non-hydrogen) atoms. The van der Waals surface area contributed by atoms with Gasteiger partial charge in [0, 0.05) is 29.7 Å². The summed E-state index contributed by atoms with van der Waals surface area (Å²) in [6.07, 6.45) is 0.655. The molecule has 156 valence electrons. The van der Waals surface area contributed by atoms with Crippen LogP contribution in [0.4, 0.5) is 5.69 Å². The summed E-state index contributed by atoms with van der Waals surface area (Å²) >= 11 is 0. The molecule has 0 saturated heterocycles. The predicted octanol–water partition coefficient (Wildman–Crippen LogP) is 4.59. The normalized spacial score (nSPS) is 18.6. The molecule has 4 rings (SSSR count). The van der Waals surface area contributed by atoms with Crippen molar-refractivity contribution in [3.05, 3.63) is 75.1 Å². The smallest absolute Gasteiger partial charge is 0.336 e. The minimum Gasteiger partial charge on any atom is -0.423 e. The number of carbonyl (C=O) groups is 1. The van der Waals surface area contributed by atoms with E-state index in [2.05, 4.69) is 31.7 Å². The summed E-state index contributed by atoms with van der Waals surface area (Å²) in [5, 5.41) is 0.964. The maximum absolute atomic E-state index is 12.3. The molecule has 0 fully saturated rings. The highest BCUT2D eigenvalue weighted by Crippen LogP contribution is 2.39. The van der Waals surface area contributed by atoms with E-state index in [9.17, 15) is 9.59 Å². The van der Waals surface area contributed by atoms with Gasteiger partial charge in [-0.3, -0.25) is 4.79 Å². The molecule has 2 unspecified atom stereocenters. The molecule has 0 spiro atoms. The van der Waals surface area contributed by atoms with Crippen LogP contribution in [0.2, 0.25) is 0 Å². The van der Waals surface area contributed by atoms with Crippen molar-refractivity contribution in [3.63, 3.8) is 0 Å². The van der Waals surface area contributed by atoms with Crippen molar-refractivity contribution in [2.24, 2.45) is 5.73 Å². The average molecular weight is 405 g/mol. The molecule has 0 radical (unpaired) electrons. The van der Waals surface area contributed by atoms with E-state index in [1.807, 2.05) is 37.3 Å². The van der Waals surface area contributed by atoms with E-state index in [1.165, 1.54) is 5.56 Å². The molecule has 2 atom stereocenters. The van der Waals surface area contributed by atoms with Gasteiger partial charge in [-0.25, -0.2) is 4.79 Å². The van der Waals surface area contributed by atoms with E-state index in [4.69, 9.17) is 10.2 Å². The first-order valence-electron chi connectivity index (χ1n) is 10.5. The number of hydrogen-bond acceptors (Lipinski definition) is 4. The van der Waals surface area contributed by atoms with Gasteiger partial charge in [0.1, 0.15) is 5.58 Å². The van der Waals surface area contributed by atoms with Gasteiger partial charge in [0.15, 0.2) is 0 Å². The number of fused-ring (bicyclic) bond motifs is 2. The Kier molecular flexibility index (Phi) is 5.14. The molecular weight excluding hydrogens is 376 g/mol. The maximum atomic E-state index is 12.3. The molecule has 1 aliphatic rings. The number of hydrogen-bond donors (Lipinski definition) is 1. The number of para-hydroxylation sites is 1. The Balaban J connectivity index is 1.84. The summed E-state index contributed by atoms with van der Waals surface area (Å²) in [7, 11) is 0. The molecule has 3 aromatic rings. The zero-order chi connectivity index (χ0) is 21.6. The van der Waals surface area contributed by atoms with Crippen LogP contribution in [0.3, 0.4) is 0 Å². The number of anilines is 1. The van der Waals surface area contributed by atoms with E-state index in [1.54, 1.807) is 6.07 Å². The highest BCUT2D eigenvalue weighted by Gasteiger charge is 2.33. The lowest BCUT2D eigenvalue weighted by Gasteiger charge is -2.40. The van der Waals surface area contributed by atoms with Gasteiger partial charge in [-0.05, 0) is 66.6 Å². The third-order valence-corrected chi connectivity index (χ3v) is 6.25. The SMILES string of the molecule is Cc1cc2oc(=O)cc(CN3c4ccccc4C(C(N)=O)CC3C)c2cc1C(C)C. The van der Waals surface area contributed by atoms with Crippen molar-refractivity contribution in [1.29, 1.82) is 0 Å². The second-order valence-corrected chi connectivity index (χ2v) is 8.68. The van der Waals surface area contributed by atoms with Crippen molar-refractivity contribution < 1.29 is 9.21 Å². The largest absolute Gasteiger partial charge is 0.423 e. The summed E-state index contributed by atoms with van der Waals surface area (Å²) in [4.78, 5) is 26.6. The zero-order valence-corrected chi connectivity index (χ0v) is 17.9. The molecule has 0 aliphatic carbocycles. The number of rotatable bonds is 4. The molecule has 2 heterocycles. The molecule has 1 amide bonds. The van der Waals surface area contributed by atoms with E-state index in [-0.39, 0.29) is 23.5 Å². The van der Waals surface area contributed by atoms with Crippen molar-refractivity contribution in [3.8, 4) is 0 Å². The van der Waals surface area contributed by atoms with Crippen LogP contribution < -0.4 is 16.3 Å². The van der Waals surface area contributed by atoms with Gasteiger partial charge >= 0.3 is 5.63 Å². The molecule has 2 N–H and O–H groups in total. The summed E-state index contributed by atoms with van der Waals surface area (Å²) in [6.45, 7) is 9.05. The molecule has 1 aliphatic heterocycles. The molecule has 1 aromatic heterocycles. The fraction of sp³-hybridized carbons (Fsp3) is 0.360. The Bertz CT molecular complexity index is 1180. The Labute approximate surface area is 176 Å². The lowest BCUT2D eigenvalue weighted by atomic mass is 9.85. The van der Waals surface area contributed by atoms with Crippen molar-refractivity contribution in [2.45, 2.75) is 58.5 Å². The van der Waals surface area contributed by atoms with Crippen molar-refractivity contribution in [2.75, 3.05) is 4.90 Å². The Hall–Kier alpha value is -3.08. The number of aryl methyl sites for hydroxylation is 1. The van der Waals surface area contributed by atoms with Crippen LogP contribution in [0.5, 0.6) is 0 Å². The van der Waals surface area contributed by atoms with E-state index < -0.39 is 0 Å². The van der Waals surface area contributed by atoms with Gasteiger partial charge in [-0.15, -0.1) is 0 Å². The molecule has 5 heteroatoms. The van der Waals surface area contributed by atoms with E-state index >= 15 is 0 Å². The molecule has 0 bridgehead atoms. The van der Waals surface area contributed by atoms with Crippen LogP contribution >= 0.6 is 0 Å². The highest BCUT2D eigenvalue weighted by atomic mass is 16.4. The number of carbonyl (C=O) groups excluding carboxylic acids is 1. The number of nitrogens with two attached hydrogens (primary N) is 1. The minimum atomic E-state index is -0.345. The summed E-state index contributed by atoms with van der Waals surface area (Å²) < 4.78 is 5.52. The first-order chi connectivity index (χ1) is 14.3. The predicted molar refractivity (Wildman–Crippen MR) is 120 cm³/mol. The second kappa shape index (κ2) is 7.63. The first kappa shape index (κ1) is 20.2. The minimum absolute atomic E-state index is 0.106. The fourth-order valence-corrected chi connectivity index (χ4v) is 4.71. The third-order valence-electron chi connectivity index (χ3n) is 6.25. The van der Waals surface area contributed by atoms with Crippen LogP contribution in [0.15, 0.2) is 51.7 Å². The van der Waals surface area contributed by atoms with Crippen LogP contribution in [-0.4, -0.2) is 11.9 Å². The van der Waals surface area contributed by atoms with Crippen LogP contribution in [0.1, 0.15) is 61.3 Å². The van der Waals surface area contributed by atoms with Gasteiger partial charge in [0.05, 0.1) is 5.92 Å². The number of nitrogens with zero attached hydrogens (tertiary/aromatic N) is 1. The number of benzene rings is 2. The lowest BCUT2D eigenvalue weighted by Crippen LogP contribution is -2.41. The zero-order valence-electron chi connectivity index (χ0n) is 17.9. The van der Waals surface area contributed by atoms with E-state index in [0.717, 1.165) is 27.8 Å². The maximum Gasteiger partial charge on any atom is 0.336 e. The van der Waals surface area contributed by atoms with Crippen molar-refractivity contribution in [1.82, 2.24) is 0 Å². The molecule has 0 saturated carbocycles. The van der Waals surface area contributed by atoms with E-state index in [0.29, 0.717) is 24.5 Å². The Morgan fingerprint density at radius 3 is 2.67 bits per heavy atom. The monoisotopic (exact) mass is 404 g/mol. The second-order valence-electron chi connectivity index (χ2n) is 8.68. The number of amides is 1. The average Bonchev–Trinajstić information content (AvgIpc) is 2.68. The standard InChI is InChI=1S/C25H28N2O3/c1-14(2)19-12-20-17(11-24(28)30-23(20)9-15(19)3)13-27-16(4)10-21(25(26)29)18-7-5-6-8-22(18)27/h5-9,11-12,14,16,21H,10,13H2,1-4H3,(H2,26,29). The summed E-state index contributed by atoms with van der Waals surface area (Å²) in [6, 6.07) is 13.7. The van der Waals surface area contributed by atoms with Gasteiger partial charge in [0.25, 0.3) is 0 Å². The number of primary amides is 1. The molecular formula is C25H28N2O3. The molecule has 5 nitrogen and oxygen atoms in total. The van der Waals surface area contributed by atoms with Gasteiger partial charge in [0.2, 0.25) is 5.91 Å². The van der Waals surface area contributed by atoms with Crippen molar-refractivity contribution >= 4 is 22.6 Å². The molecule has 2 aromatic carbocycles. The lowest BCUT2D eigenvalue weighted by molar-refractivity contribution is -0.119. The van der Waals surface area contributed by atoms with Crippen LogP contribution in [0.25, 0.3) is 11.0 Å².